The Morgan fingerprint density at radius 2 is 1.70 bits per heavy atom. The molecule has 6 heteroatoms. The molecule has 170 valence electrons. The van der Waals surface area contributed by atoms with Crippen LogP contribution in [0.15, 0.2) is 72.8 Å². The van der Waals surface area contributed by atoms with Crippen molar-refractivity contribution in [3.05, 3.63) is 101 Å². The fraction of sp³-hybridized carbons (Fsp3) is 0.296. The van der Waals surface area contributed by atoms with Crippen molar-refractivity contribution < 1.29 is 13.6 Å². The molecule has 1 saturated heterocycles. The molecule has 1 N–H and O–H groups in total. The second-order valence-electron chi connectivity index (χ2n) is 8.87. The summed E-state index contributed by atoms with van der Waals surface area (Å²) in [6.07, 6.45) is 0.658. The number of fused-ring (bicyclic) bond motifs is 3. The molecular formula is C27H27F2N3O. The van der Waals surface area contributed by atoms with Gasteiger partial charge in [0.05, 0.1) is 12.0 Å². The van der Waals surface area contributed by atoms with Gasteiger partial charge in [-0.1, -0.05) is 48.5 Å². The Labute approximate surface area is 192 Å². The Hall–Kier alpha value is -3.25. The lowest BCUT2D eigenvalue weighted by molar-refractivity contribution is -0.126. The number of halogens is 2. The highest BCUT2D eigenvalue weighted by Crippen LogP contribution is 2.36. The molecule has 33 heavy (non-hydrogen) atoms. The number of rotatable bonds is 5. The largest absolute Gasteiger partial charge is 0.365 e. The summed E-state index contributed by atoms with van der Waals surface area (Å²) in [6, 6.07) is 21.4. The molecule has 0 aromatic heterocycles. The number of nitrogens with one attached hydrogen (secondary N) is 1. The minimum absolute atomic E-state index is 0.0229. The van der Waals surface area contributed by atoms with E-state index in [1.165, 1.54) is 29.4 Å². The van der Waals surface area contributed by atoms with Crippen LogP contribution in [-0.4, -0.2) is 36.5 Å². The molecule has 0 aliphatic carbocycles. The van der Waals surface area contributed by atoms with E-state index in [0.717, 1.165) is 31.7 Å². The monoisotopic (exact) mass is 447 g/mol. The van der Waals surface area contributed by atoms with Gasteiger partial charge in [-0.25, -0.2) is 8.78 Å². The van der Waals surface area contributed by atoms with Crippen LogP contribution in [0.4, 0.5) is 14.5 Å². The number of amides is 1. The summed E-state index contributed by atoms with van der Waals surface area (Å²) in [7, 11) is 0. The molecule has 0 unspecified atom stereocenters. The van der Waals surface area contributed by atoms with Gasteiger partial charge in [0.1, 0.15) is 11.6 Å². The van der Waals surface area contributed by atoms with E-state index in [1.807, 2.05) is 24.3 Å². The highest BCUT2D eigenvalue weighted by Gasteiger charge is 2.41. The van der Waals surface area contributed by atoms with Crippen LogP contribution < -0.4 is 10.2 Å². The highest BCUT2D eigenvalue weighted by molar-refractivity contribution is 5.82. The van der Waals surface area contributed by atoms with Crippen LogP contribution in [0.2, 0.25) is 0 Å². The van der Waals surface area contributed by atoms with Crippen LogP contribution in [0.3, 0.4) is 0 Å². The third-order valence-corrected chi connectivity index (χ3v) is 6.78. The third kappa shape index (κ3) is 4.62. The van der Waals surface area contributed by atoms with Gasteiger partial charge in [0.25, 0.3) is 0 Å². The van der Waals surface area contributed by atoms with Gasteiger partial charge in [-0.15, -0.1) is 0 Å². The average Bonchev–Trinajstić information content (AvgIpc) is 2.84. The first-order valence-electron chi connectivity index (χ1n) is 11.4. The standard InChI is InChI=1S/C27H27F2N3O/c28-22-11-9-19(10-12-22)17-31-13-14-32-25-8-4-2-5-20(25)15-23(26(32)18-31)27(33)30-16-21-6-1-3-7-24(21)29/h1-12,23,26H,13-18H2,(H,30,33)/t23-,26-/m1/s1. The molecule has 4 nitrogen and oxygen atoms in total. The van der Waals surface area contributed by atoms with Crippen LogP contribution >= 0.6 is 0 Å². The van der Waals surface area contributed by atoms with Gasteiger partial charge in [-0.3, -0.25) is 9.69 Å². The molecule has 0 radical (unpaired) electrons. The molecule has 2 aliphatic rings. The fourth-order valence-corrected chi connectivity index (χ4v) is 5.06. The summed E-state index contributed by atoms with van der Waals surface area (Å²) in [6.45, 7) is 3.32. The van der Waals surface area contributed by atoms with Crippen molar-refractivity contribution >= 4 is 11.6 Å². The number of carbonyl (C=O) groups excluding carboxylic acids is 1. The summed E-state index contributed by atoms with van der Waals surface area (Å²) in [5.74, 6) is -0.829. The molecule has 2 atom stereocenters. The first-order chi connectivity index (χ1) is 16.1. The van der Waals surface area contributed by atoms with Gasteiger partial charge in [-0.2, -0.15) is 0 Å². The highest BCUT2D eigenvalue weighted by atomic mass is 19.1. The lowest BCUT2D eigenvalue weighted by Crippen LogP contribution is -2.60. The van der Waals surface area contributed by atoms with Crippen LogP contribution in [0.25, 0.3) is 0 Å². The van der Waals surface area contributed by atoms with Gasteiger partial charge >= 0.3 is 0 Å². The van der Waals surface area contributed by atoms with Crippen molar-refractivity contribution in [3.8, 4) is 0 Å². The van der Waals surface area contributed by atoms with Crippen molar-refractivity contribution in [2.45, 2.75) is 25.6 Å². The summed E-state index contributed by atoms with van der Waals surface area (Å²) >= 11 is 0. The molecule has 2 aliphatic heterocycles. The van der Waals surface area contributed by atoms with Crippen molar-refractivity contribution in [1.29, 1.82) is 0 Å². The summed E-state index contributed by atoms with van der Waals surface area (Å²) in [5, 5.41) is 2.98. The molecule has 1 fully saturated rings. The molecule has 5 rings (SSSR count). The summed E-state index contributed by atoms with van der Waals surface area (Å²) < 4.78 is 27.3. The quantitative estimate of drug-likeness (QED) is 0.639. The predicted molar refractivity (Wildman–Crippen MR) is 125 cm³/mol. The normalized spacial score (nSPS) is 20.1. The summed E-state index contributed by atoms with van der Waals surface area (Å²) in [5.41, 5.74) is 3.91. The number of nitrogens with zero attached hydrogens (tertiary/aromatic N) is 2. The van der Waals surface area contributed by atoms with E-state index >= 15 is 0 Å². The lowest BCUT2D eigenvalue weighted by atomic mass is 9.83. The number of piperazine rings is 1. The molecule has 1 amide bonds. The molecule has 0 bridgehead atoms. The van der Waals surface area contributed by atoms with E-state index in [0.29, 0.717) is 12.0 Å². The maximum atomic E-state index is 14.0. The fourth-order valence-electron chi connectivity index (χ4n) is 5.06. The Morgan fingerprint density at radius 1 is 0.939 bits per heavy atom. The molecule has 0 spiro atoms. The molecule has 3 aromatic carbocycles. The van der Waals surface area contributed by atoms with E-state index < -0.39 is 0 Å². The van der Waals surface area contributed by atoms with E-state index in [-0.39, 0.29) is 36.0 Å². The van der Waals surface area contributed by atoms with Crippen molar-refractivity contribution in [2.75, 3.05) is 24.5 Å². The third-order valence-electron chi connectivity index (χ3n) is 6.78. The Bertz CT molecular complexity index is 1130. The maximum Gasteiger partial charge on any atom is 0.225 e. The van der Waals surface area contributed by atoms with Gasteiger partial charge in [0.15, 0.2) is 0 Å². The van der Waals surface area contributed by atoms with Crippen molar-refractivity contribution in [2.24, 2.45) is 5.92 Å². The Morgan fingerprint density at radius 3 is 2.52 bits per heavy atom. The predicted octanol–water partition coefficient (Wildman–Crippen LogP) is 4.14. The zero-order valence-corrected chi connectivity index (χ0v) is 18.4. The molecule has 3 aromatic rings. The minimum atomic E-state index is -0.309. The van der Waals surface area contributed by atoms with E-state index in [1.54, 1.807) is 18.2 Å². The molecular weight excluding hydrogens is 420 g/mol. The van der Waals surface area contributed by atoms with Gasteiger partial charge in [0.2, 0.25) is 5.91 Å². The smallest absolute Gasteiger partial charge is 0.225 e. The minimum Gasteiger partial charge on any atom is -0.365 e. The van der Waals surface area contributed by atoms with E-state index in [9.17, 15) is 13.6 Å². The van der Waals surface area contributed by atoms with Crippen LogP contribution in [0, 0.1) is 17.6 Å². The lowest BCUT2D eigenvalue weighted by Gasteiger charge is -2.49. The van der Waals surface area contributed by atoms with Crippen LogP contribution in [0.1, 0.15) is 16.7 Å². The zero-order valence-electron chi connectivity index (χ0n) is 18.4. The average molecular weight is 448 g/mol. The van der Waals surface area contributed by atoms with Crippen molar-refractivity contribution in [1.82, 2.24) is 10.2 Å². The number of hydrogen-bond acceptors (Lipinski definition) is 3. The van der Waals surface area contributed by atoms with Gasteiger partial charge < -0.3 is 10.2 Å². The number of carbonyl (C=O) groups is 1. The topological polar surface area (TPSA) is 35.6 Å². The second kappa shape index (κ2) is 9.32. The molecule has 2 heterocycles. The second-order valence-corrected chi connectivity index (χ2v) is 8.87. The van der Waals surface area contributed by atoms with Crippen molar-refractivity contribution in [3.63, 3.8) is 0 Å². The SMILES string of the molecule is O=C(NCc1ccccc1F)[C@@H]1Cc2ccccc2N2CCN(Cc3ccc(F)cc3)C[C@H]12. The van der Waals surface area contributed by atoms with Crippen LogP contribution in [-0.2, 0) is 24.3 Å². The Balaban J connectivity index is 1.35. The van der Waals surface area contributed by atoms with Gasteiger partial charge in [-0.05, 0) is 41.8 Å². The maximum absolute atomic E-state index is 14.0. The Kier molecular flexibility index (Phi) is 6.09. The zero-order chi connectivity index (χ0) is 22.8. The number of hydrogen-bond donors (Lipinski definition) is 1. The van der Waals surface area contributed by atoms with E-state index in [4.69, 9.17) is 0 Å². The van der Waals surface area contributed by atoms with Gasteiger partial charge in [0, 0.05) is 44.0 Å². The van der Waals surface area contributed by atoms with E-state index in [2.05, 4.69) is 27.2 Å². The number of benzene rings is 3. The molecule has 0 saturated carbocycles. The number of anilines is 1. The number of para-hydroxylation sites is 1. The first kappa shape index (κ1) is 21.6. The van der Waals surface area contributed by atoms with Crippen LogP contribution in [0.5, 0.6) is 0 Å². The first-order valence-corrected chi connectivity index (χ1v) is 11.4. The summed E-state index contributed by atoms with van der Waals surface area (Å²) in [4.78, 5) is 18.0.